The summed E-state index contributed by atoms with van der Waals surface area (Å²) in [6.45, 7) is 1.76. The summed E-state index contributed by atoms with van der Waals surface area (Å²) in [6, 6.07) is 7.47. The molecule has 4 heterocycles. The number of thiazole rings is 1. The lowest BCUT2D eigenvalue weighted by Crippen LogP contribution is -2.44. The summed E-state index contributed by atoms with van der Waals surface area (Å²) < 4.78 is 5.12. The summed E-state index contributed by atoms with van der Waals surface area (Å²) >= 11 is 1.62. The molecule has 0 unspecified atom stereocenters. The first-order chi connectivity index (χ1) is 11.3. The largest absolute Gasteiger partial charge is 0.459 e. The number of furan rings is 1. The third kappa shape index (κ3) is 2.92. The molecular weight excluding hydrogens is 312 g/mol. The van der Waals surface area contributed by atoms with Gasteiger partial charge in [0.2, 0.25) is 0 Å². The normalized spacial score (nSPS) is 15.9. The molecule has 0 spiro atoms. The highest BCUT2D eigenvalue weighted by Crippen LogP contribution is 2.29. The summed E-state index contributed by atoms with van der Waals surface area (Å²) in [5.74, 6) is 0.224. The first-order valence-corrected chi connectivity index (χ1v) is 8.42. The van der Waals surface area contributed by atoms with Gasteiger partial charge in [-0.05, 0) is 37.1 Å². The zero-order valence-corrected chi connectivity index (χ0v) is 13.3. The molecule has 1 aliphatic heterocycles. The number of rotatable bonds is 3. The molecule has 1 N–H and O–H groups in total. The van der Waals surface area contributed by atoms with E-state index in [9.17, 15) is 4.79 Å². The number of pyridine rings is 1. The summed E-state index contributed by atoms with van der Waals surface area (Å²) in [6.07, 6.45) is 5.10. The molecule has 3 aromatic heterocycles. The van der Waals surface area contributed by atoms with E-state index in [1.54, 1.807) is 29.7 Å². The molecule has 7 heteroatoms. The van der Waals surface area contributed by atoms with Gasteiger partial charge < -0.3 is 14.6 Å². The van der Waals surface area contributed by atoms with Crippen LogP contribution in [0.1, 0.15) is 23.4 Å². The molecule has 1 saturated heterocycles. The van der Waals surface area contributed by atoms with Crippen molar-refractivity contribution in [3.63, 3.8) is 0 Å². The molecule has 0 atom stereocenters. The lowest BCUT2D eigenvalue weighted by molar-refractivity contribution is 0.0903. The maximum Gasteiger partial charge on any atom is 0.287 e. The van der Waals surface area contributed by atoms with E-state index >= 15 is 0 Å². The average Bonchev–Trinajstić information content (AvgIpc) is 3.25. The van der Waals surface area contributed by atoms with Crippen LogP contribution in [0, 0.1) is 0 Å². The zero-order chi connectivity index (χ0) is 15.6. The van der Waals surface area contributed by atoms with E-state index in [0.29, 0.717) is 5.76 Å². The number of nitrogens with zero attached hydrogens (tertiary/aromatic N) is 3. The van der Waals surface area contributed by atoms with Crippen molar-refractivity contribution in [2.24, 2.45) is 0 Å². The second-order valence-electron chi connectivity index (χ2n) is 5.54. The van der Waals surface area contributed by atoms with Gasteiger partial charge in [-0.25, -0.2) is 9.97 Å². The number of anilines is 1. The van der Waals surface area contributed by atoms with Crippen molar-refractivity contribution >= 4 is 32.7 Å². The fourth-order valence-electron chi connectivity index (χ4n) is 2.77. The second-order valence-corrected chi connectivity index (χ2v) is 6.49. The Bertz CT molecular complexity index is 773. The number of hydrogen-bond acceptors (Lipinski definition) is 6. The van der Waals surface area contributed by atoms with Crippen molar-refractivity contribution in [3.8, 4) is 0 Å². The Balaban J connectivity index is 1.38. The van der Waals surface area contributed by atoms with E-state index in [2.05, 4.69) is 20.2 Å². The van der Waals surface area contributed by atoms with Gasteiger partial charge in [0.05, 0.1) is 6.26 Å². The van der Waals surface area contributed by atoms with E-state index in [4.69, 9.17) is 4.42 Å². The molecule has 0 saturated carbocycles. The van der Waals surface area contributed by atoms with Crippen LogP contribution in [0.15, 0.2) is 41.1 Å². The van der Waals surface area contributed by atoms with Gasteiger partial charge in [0.15, 0.2) is 10.9 Å². The van der Waals surface area contributed by atoms with Crippen LogP contribution in [0.4, 0.5) is 5.13 Å². The van der Waals surface area contributed by atoms with Gasteiger partial charge in [0, 0.05) is 25.3 Å². The molecule has 0 bridgehead atoms. The predicted molar refractivity (Wildman–Crippen MR) is 88.8 cm³/mol. The van der Waals surface area contributed by atoms with Crippen molar-refractivity contribution in [2.75, 3.05) is 18.0 Å². The highest BCUT2D eigenvalue weighted by molar-refractivity contribution is 7.21. The van der Waals surface area contributed by atoms with Gasteiger partial charge in [0.1, 0.15) is 10.3 Å². The molecular formula is C16H16N4O2S. The number of aromatic nitrogens is 2. The Morgan fingerprint density at radius 2 is 2.17 bits per heavy atom. The number of nitrogens with one attached hydrogen (secondary N) is 1. The minimum atomic E-state index is -0.141. The zero-order valence-electron chi connectivity index (χ0n) is 12.4. The van der Waals surface area contributed by atoms with Crippen molar-refractivity contribution in [3.05, 3.63) is 42.5 Å². The monoisotopic (exact) mass is 328 g/mol. The van der Waals surface area contributed by atoms with Gasteiger partial charge in [-0.15, -0.1) is 0 Å². The number of carbonyl (C=O) groups is 1. The number of carbonyl (C=O) groups excluding carboxylic acids is 1. The Kier molecular flexibility index (Phi) is 3.70. The molecule has 1 aliphatic rings. The molecule has 118 valence electrons. The van der Waals surface area contributed by atoms with Crippen molar-refractivity contribution in [1.29, 1.82) is 0 Å². The van der Waals surface area contributed by atoms with Crippen molar-refractivity contribution in [1.82, 2.24) is 15.3 Å². The third-order valence-corrected chi connectivity index (χ3v) is 5.04. The van der Waals surface area contributed by atoms with E-state index in [1.807, 2.05) is 12.1 Å². The first-order valence-electron chi connectivity index (χ1n) is 7.60. The summed E-state index contributed by atoms with van der Waals surface area (Å²) in [5.41, 5.74) is 0.945. The fraction of sp³-hybridized carbons (Fsp3) is 0.312. The summed E-state index contributed by atoms with van der Waals surface area (Å²) in [5, 5.41) is 4.04. The van der Waals surface area contributed by atoms with Crippen LogP contribution in [0.25, 0.3) is 10.3 Å². The number of hydrogen-bond donors (Lipinski definition) is 1. The lowest BCUT2D eigenvalue weighted by atomic mass is 10.1. The summed E-state index contributed by atoms with van der Waals surface area (Å²) in [7, 11) is 0. The van der Waals surface area contributed by atoms with Gasteiger partial charge in [0.25, 0.3) is 5.91 Å². The van der Waals surface area contributed by atoms with Crippen molar-refractivity contribution < 1.29 is 9.21 Å². The van der Waals surface area contributed by atoms with Crippen molar-refractivity contribution in [2.45, 2.75) is 18.9 Å². The average molecular weight is 328 g/mol. The van der Waals surface area contributed by atoms with E-state index in [-0.39, 0.29) is 11.9 Å². The van der Waals surface area contributed by atoms with Gasteiger partial charge >= 0.3 is 0 Å². The second kappa shape index (κ2) is 6.00. The third-order valence-electron chi connectivity index (χ3n) is 4.00. The molecule has 1 fully saturated rings. The molecule has 3 aromatic rings. The number of fused-ring (bicyclic) bond motifs is 1. The SMILES string of the molecule is O=C(NC1CCN(c2nc3cccnc3s2)CC1)c1ccco1. The van der Waals surface area contributed by atoms with Crippen LogP contribution in [0.5, 0.6) is 0 Å². The minimum Gasteiger partial charge on any atom is -0.459 e. The van der Waals surface area contributed by atoms with Gasteiger partial charge in [-0.3, -0.25) is 4.79 Å². The van der Waals surface area contributed by atoms with Gasteiger partial charge in [-0.1, -0.05) is 11.3 Å². The molecule has 23 heavy (non-hydrogen) atoms. The van der Waals surface area contributed by atoms with Crippen LogP contribution in [0.2, 0.25) is 0 Å². The van der Waals surface area contributed by atoms with Crippen LogP contribution < -0.4 is 10.2 Å². The molecule has 4 rings (SSSR count). The van der Waals surface area contributed by atoms with Crippen LogP contribution in [-0.2, 0) is 0 Å². The minimum absolute atomic E-state index is 0.141. The predicted octanol–water partition coefficient (Wildman–Crippen LogP) is 2.68. The topological polar surface area (TPSA) is 71.3 Å². The Labute approximate surface area is 137 Å². The fourth-order valence-corrected chi connectivity index (χ4v) is 3.73. The Morgan fingerprint density at radius 1 is 1.30 bits per heavy atom. The maximum absolute atomic E-state index is 12.0. The van der Waals surface area contributed by atoms with Crippen LogP contribution in [0.3, 0.4) is 0 Å². The van der Waals surface area contributed by atoms with E-state index in [1.165, 1.54) is 6.26 Å². The number of amides is 1. The highest BCUT2D eigenvalue weighted by atomic mass is 32.1. The first kappa shape index (κ1) is 14.2. The Morgan fingerprint density at radius 3 is 2.91 bits per heavy atom. The lowest BCUT2D eigenvalue weighted by Gasteiger charge is -2.31. The van der Waals surface area contributed by atoms with Crippen LogP contribution >= 0.6 is 11.3 Å². The smallest absolute Gasteiger partial charge is 0.287 e. The molecule has 0 aromatic carbocycles. The van der Waals surface area contributed by atoms with E-state index < -0.39 is 0 Å². The maximum atomic E-state index is 12.0. The molecule has 6 nitrogen and oxygen atoms in total. The van der Waals surface area contributed by atoms with Crippen LogP contribution in [-0.4, -0.2) is 35.0 Å². The van der Waals surface area contributed by atoms with Gasteiger partial charge in [-0.2, -0.15) is 0 Å². The summed E-state index contributed by atoms with van der Waals surface area (Å²) in [4.78, 5) is 24.2. The number of piperidine rings is 1. The quantitative estimate of drug-likeness (QED) is 0.800. The molecule has 0 aliphatic carbocycles. The molecule has 0 radical (unpaired) electrons. The van der Waals surface area contributed by atoms with E-state index in [0.717, 1.165) is 41.4 Å². The standard InChI is InChI=1S/C16H16N4O2S/c21-14(13-4-2-10-22-13)18-11-5-8-20(9-6-11)16-19-12-3-1-7-17-15(12)23-16/h1-4,7,10-11H,5-6,8-9H2,(H,18,21). The highest BCUT2D eigenvalue weighted by Gasteiger charge is 2.23. The molecule has 1 amide bonds. The Hall–Kier alpha value is -2.41.